The Morgan fingerprint density at radius 2 is 1.20 bits per heavy atom. The van der Waals surface area contributed by atoms with Gasteiger partial charge in [-0.25, -0.2) is 4.79 Å². The Bertz CT molecular complexity index is 1230. The first-order valence-corrected chi connectivity index (χ1v) is 9.34. The van der Waals surface area contributed by atoms with Gasteiger partial charge in [0, 0.05) is 17.7 Å². The van der Waals surface area contributed by atoms with Crippen LogP contribution in [0.15, 0.2) is 101 Å². The van der Waals surface area contributed by atoms with Gasteiger partial charge in [-0.05, 0) is 29.1 Å². The zero-order valence-electron chi connectivity index (χ0n) is 16.7. The molecule has 0 spiro atoms. The van der Waals surface area contributed by atoms with E-state index in [-0.39, 0.29) is 48.1 Å². The summed E-state index contributed by atoms with van der Waals surface area (Å²) in [6.45, 7) is 0.105. The van der Waals surface area contributed by atoms with Crippen molar-refractivity contribution in [1.29, 1.82) is 0 Å². The third kappa shape index (κ3) is 4.49. The molecule has 0 N–H and O–H groups in total. The number of hydrogen-bond donors (Lipinski definition) is 0. The van der Waals surface area contributed by atoms with E-state index in [1.807, 2.05) is 66.7 Å². The van der Waals surface area contributed by atoms with Gasteiger partial charge in [-0.1, -0.05) is 78.9 Å². The molecule has 0 saturated heterocycles. The predicted octanol–water partition coefficient (Wildman–Crippen LogP) is -0.284. The Labute approximate surface area is 196 Å². The van der Waals surface area contributed by atoms with E-state index in [1.54, 1.807) is 24.3 Å². The number of hydrogen-bond acceptors (Lipinski definition) is 3. The number of para-hydroxylation sites is 1. The predicted molar refractivity (Wildman–Crippen MR) is 111 cm³/mol. The second-order valence-electron chi connectivity index (χ2n) is 6.78. The Morgan fingerprint density at radius 1 is 0.700 bits per heavy atom. The van der Waals surface area contributed by atoms with Gasteiger partial charge in [-0.15, -0.1) is 0 Å². The van der Waals surface area contributed by atoms with Crippen LogP contribution in [0.25, 0.3) is 5.69 Å². The maximum Gasteiger partial charge on any atom is 1.00 e. The van der Waals surface area contributed by atoms with Crippen LogP contribution in [0.3, 0.4) is 0 Å². The molecule has 1 heterocycles. The van der Waals surface area contributed by atoms with Gasteiger partial charge in [-0.2, -0.15) is 0 Å². The molecule has 0 unspecified atom stereocenters. The summed E-state index contributed by atoms with van der Waals surface area (Å²) in [6, 6.07) is 27.3. The topological polar surface area (TPSA) is 67.1 Å². The molecular formula is C24H19N2NaO3. The van der Waals surface area contributed by atoms with E-state index in [9.17, 15) is 14.7 Å². The summed E-state index contributed by atoms with van der Waals surface area (Å²) in [5, 5.41) is 13.2. The number of nitrogens with zero attached hydrogens (tertiary/aromatic N) is 2. The molecule has 1 aromatic heterocycles. The number of benzene rings is 3. The van der Waals surface area contributed by atoms with Crippen LogP contribution in [-0.2, 0) is 13.0 Å². The Kier molecular flexibility index (Phi) is 7.11. The number of rotatable bonds is 5. The molecule has 0 bridgehead atoms. The van der Waals surface area contributed by atoms with Crippen LogP contribution in [0.1, 0.15) is 16.7 Å². The van der Waals surface area contributed by atoms with Crippen molar-refractivity contribution in [3.05, 3.63) is 129 Å². The third-order valence-corrected chi connectivity index (χ3v) is 4.81. The molecular weight excluding hydrogens is 387 g/mol. The zero-order chi connectivity index (χ0) is 20.2. The average molecular weight is 406 g/mol. The summed E-state index contributed by atoms with van der Waals surface area (Å²) in [7, 11) is 0. The van der Waals surface area contributed by atoms with Crippen molar-refractivity contribution in [1.82, 2.24) is 9.13 Å². The van der Waals surface area contributed by atoms with Gasteiger partial charge in [0.2, 0.25) is 0 Å². The minimum Gasteiger partial charge on any atom is -0.859 e. The fourth-order valence-corrected chi connectivity index (χ4v) is 3.35. The normalized spacial score (nSPS) is 10.4. The van der Waals surface area contributed by atoms with Gasteiger partial charge in [0.1, 0.15) is 0 Å². The zero-order valence-corrected chi connectivity index (χ0v) is 18.7. The van der Waals surface area contributed by atoms with Gasteiger partial charge in [-0.3, -0.25) is 13.9 Å². The van der Waals surface area contributed by atoms with Crippen molar-refractivity contribution >= 4 is 0 Å². The summed E-state index contributed by atoms with van der Waals surface area (Å²) in [4.78, 5) is 26.3. The second-order valence-corrected chi connectivity index (χ2v) is 6.78. The third-order valence-electron chi connectivity index (χ3n) is 4.81. The van der Waals surface area contributed by atoms with Crippen molar-refractivity contribution < 1.29 is 34.7 Å². The molecule has 4 aromatic rings. The minimum atomic E-state index is -0.633. The van der Waals surface area contributed by atoms with Gasteiger partial charge in [0.25, 0.3) is 5.56 Å². The first-order valence-electron chi connectivity index (χ1n) is 9.34. The van der Waals surface area contributed by atoms with Crippen LogP contribution >= 0.6 is 0 Å². The second kappa shape index (κ2) is 9.76. The van der Waals surface area contributed by atoms with Crippen molar-refractivity contribution in [2.45, 2.75) is 13.0 Å². The Hall–Kier alpha value is -2.86. The monoisotopic (exact) mass is 406 g/mol. The van der Waals surface area contributed by atoms with Crippen molar-refractivity contribution in [3.63, 3.8) is 0 Å². The Morgan fingerprint density at radius 3 is 1.77 bits per heavy atom. The quantitative estimate of drug-likeness (QED) is 0.428. The smallest absolute Gasteiger partial charge is 0.859 e. The molecule has 30 heavy (non-hydrogen) atoms. The van der Waals surface area contributed by atoms with Gasteiger partial charge in [0.15, 0.2) is 0 Å². The van der Waals surface area contributed by atoms with Crippen LogP contribution in [-0.4, -0.2) is 9.13 Å². The van der Waals surface area contributed by atoms with E-state index < -0.39 is 17.1 Å². The first-order chi connectivity index (χ1) is 14.1. The number of aromatic nitrogens is 2. The van der Waals surface area contributed by atoms with E-state index in [2.05, 4.69) is 0 Å². The summed E-state index contributed by atoms with van der Waals surface area (Å²) in [6.07, 6.45) is 0.167. The molecule has 0 amide bonds. The van der Waals surface area contributed by atoms with E-state index >= 15 is 0 Å². The van der Waals surface area contributed by atoms with Gasteiger partial charge >= 0.3 is 35.2 Å². The molecule has 3 aromatic carbocycles. The molecule has 5 nitrogen and oxygen atoms in total. The van der Waals surface area contributed by atoms with Crippen LogP contribution in [0, 0.1) is 0 Å². The van der Waals surface area contributed by atoms with Crippen molar-refractivity contribution in [2.75, 3.05) is 0 Å². The molecule has 0 fully saturated rings. The maximum atomic E-state index is 13.2. The van der Waals surface area contributed by atoms with Gasteiger partial charge < -0.3 is 5.11 Å². The molecule has 144 valence electrons. The summed E-state index contributed by atoms with van der Waals surface area (Å²) in [5.74, 6) is -0.570. The summed E-state index contributed by atoms with van der Waals surface area (Å²) < 4.78 is 2.23. The van der Waals surface area contributed by atoms with Crippen LogP contribution < -0.4 is 45.9 Å². The molecule has 0 aliphatic rings. The van der Waals surface area contributed by atoms with E-state index in [4.69, 9.17) is 0 Å². The molecule has 0 atom stereocenters. The first kappa shape index (κ1) is 21.8. The Balaban J connectivity index is 0.00000256. The van der Waals surface area contributed by atoms with Crippen LogP contribution in [0.2, 0.25) is 0 Å². The van der Waals surface area contributed by atoms with E-state index in [0.29, 0.717) is 5.69 Å². The maximum absolute atomic E-state index is 13.2. The van der Waals surface area contributed by atoms with Crippen molar-refractivity contribution in [3.8, 4) is 11.6 Å². The average Bonchev–Trinajstić information content (AvgIpc) is 2.77. The van der Waals surface area contributed by atoms with Crippen molar-refractivity contribution in [2.24, 2.45) is 0 Å². The van der Waals surface area contributed by atoms with Crippen LogP contribution in [0.5, 0.6) is 5.88 Å². The molecule has 0 radical (unpaired) electrons. The fraction of sp³-hybridized carbons (Fsp3) is 0.0833. The van der Waals surface area contributed by atoms with Gasteiger partial charge in [0.05, 0.1) is 6.54 Å². The molecule has 0 aliphatic carbocycles. The molecule has 4 rings (SSSR count). The summed E-state index contributed by atoms with van der Waals surface area (Å²) >= 11 is 0. The van der Waals surface area contributed by atoms with E-state index in [1.165, 1.54) is 0 Å². The van der Waals surface area contributed by atoms with E-state index in [0.717, 1.165) is 20.3 Å². The fourth-order valence-electron chi connectivity index (χ4n) is 3.35. The van der Waals surface area contributed by atoms with Crippen LogP contribution in [0.4, 0.5) is 0 Å². The SMILES string of the molecule is O=c1c(Cc2ccccc2)c([O-])n(-c2ccccc2)c(=O)n1Cc1ccccc1.[Na+]. The molecule has 0 saturated carbocycles. The molecule has 6 heteroatoms. The molecule has 0 aliphatic heterocycles. The minimum absolute atomic E-state index is 0. The summed E-state index contributed by atoms with van der Waals surface area (Å²) in [5.41, 5.74) is 1.00. The largest absolute Gasteiger partial charge is 1.00 e. The standard InChI is InChI=1S/C24H20N2O3.Na/c27-22-21(16-18-10-4-1-5-11-18)23(28)26(20-14-8-3-9-15-20)24(29)25(22)17-19-12-6-2-7-13-19;/h1-15,28H,16-17H2;/q;+1/p-1.